The third-order valence-corrected chi connectivity index (χ3v) is 5.50. The fraction of sp³-hybridized carbons (Fsp3) is 0.444. The molecule has 0 aliphatic carbocycles. The molecule has 4 rings (SSSR count). The van der Waals surface area contributed by atoms with Crippen LogP contribution >= 0.6 is 8.60 Å². The molecule has 1 aromatic carbocycles. The first kappa shape index (κ1) is 21.6. The molecule has 3 atom stereocenters. The molecule has 1 aromatic heterocycles. The number of benzene rings is 1. The number of aromatic amines is 1. The molecule has 0 bridgehead atoms. The molecule has 11 heteroatoms. The summed E-state index contributed by atoms with van der Waals surface area (Å²) in [5, 5.41) is 7.00. The van der Waals surface area contributed by atoms with Gasteiger partial charge < -0.3 is 14.4 Å². The van der Waals surface area contributed by atoms with E-state index in [0.717, 1.165) is 34.8 Å². The third kappa shape index (κ3) is 4.91. The Morgan fingerprint density at radius 2 is 2.14 bits per heavy atom. The van der Waals surface area contributed by atoms with Gasteiger partial charge in [0.05, 0.1) is 25.5 Å². The number of nitrogens with zero attached hydrogens (tertiary/aromatic N) is 1. The molecule has 0 saturated carbocycles. The summed E-state index contributed by atoms with van der Waals surface area (Å²) in [5.41, 5.74) is 0.250. The Labute approximate surface area is 167 Å². The number of fused-ring (bicyclic) bond motifs is 1. The largest absolute Gasteiger partial charge is 0.426 e. The lowest BCUT2D eigenvalue weighted by Gasteiger charge is -2.25. The van der Waals surface area contributed by atoms with Gasteiger partial charge in [-0.3, -0.25) is 23.4 Å². The van der Waals surface area contributed by atoms with Crippen molar-refractivity contribution in [3.8, 4) is 5.75 Å². The summed E-state index contributed by atoms with van der Waals surface area (Å²) < 4.78 is 37.4. The summed E-state index contributed by atoms with van der Waals surface area (Å²) in [6.45, 7) is 2.61. The Morgan fingerprint density at radius 1 is 1.34 bits per heavy atom. The fourth-order valence-electron chi connectivity index (χ4n) is 3.08. The van der Waals surface area contributed by atoms with Crippen molar-refractivity contribution >= 4 is 8.60 Å². The van der Waals surface area contributed by atoms with Gasteiger partial charge in [0.2, 0.25) is 5.82 Å². The van der Waals surface area contributed by atoms with E-state index in [9.17, 15) is 14.0 Å². The van der Waals surface area contributed by atoms with Crippen molar-refractivity contribution in [1.29, 1.82) is 0 Å². The highest BCUT2D eigenvalue weighted by Gasteiger charge is 2.31. The van der Waals surface area contributed by atoms with Gasteiger partial charge in [0.15, 0.2) is 0 Å². The second kappa shape index (κ2) is 9.60. The van der Waals surface area contributed by atoms with Crippen LogP contribution < -0.4 is 15.8 Å². The normalized spacial score (nSPS) is 23.0. The minimum atomic E-state index is -1.53. The van der Waals surface area contributed by atoms with Gasteiger partial charge in [-0.25, -0.2) is 4.79 Å². The first-order chi connectivity index (χ1) is 14.0. The molecule has 1 fully saturated rings. The van der Waals surface area contributed by atoms with Crippen molar-refractivity contribution in [2.75, 3.05) is 13.7 Å². The van der Waals surface area contributed by atoms with Crippen LogP contribution in [0.5, 0.6) is 5.75 Å². The lowest BCUT2D eigenvalue weighted by molar-refractivity contribution is -0.0233. The van der Waals surface area contributed by atoms with Crippen LogP contribution in [0.3, 0.4) is 0 Å². The van der Waals surface area contributed by atoms with Crippen molar-refractivity contribution in [3.63, 3.8) is 0 Å². The number of hydrogen-bond acceptors (Lipinski definition) is 7. The summed E-state index contributed by atoms with van der Waals surface area (Å²) in [4.78, 5) is 24.9. The Hall–Kier alpha value is -2.10. The Morgan fingerprint density at radius 3 is 2.93 bits per heavy atom. The van der Waals surface area contributed by atoms with E-state index in [0.29, 0.717) is 19.4 Å². The molecule has 9 nitrogen and oxygen atoms in total. The number of rotatable bonds is 4. The molecule has 0 amide bonds. The van der Waals surface area contributed by atoms with Gasteiger partial charge >= 0.3 is 14.3 Å². The number of aliphatic hydroxyl groups excluding tert-OH is 1. The smallest absolute Gasteiger partial charge is 0.397 e. The number of H-pyrrole nitrogens is 1. The van der Waals surface area contributed by atoms with Crippen molar-refractivity contribution < 1.29 is 27.8 Å². The highest BCUT2D eigenvalue weighted by atomic mass is 31.2. The van der Waals surface area contributed by atoms with Crippen LogP contribution in [0.25, 0.3) is 0 Å². The van der Waals surface area contributed by atoms with Crippen molar-refractivity contribution in [3.05, 3.63) is 62.2 Å². The minimum Gasteiger partial charge on any atom is -0.426 e. The van der Waals surface area contributed by atoms with Crippen LogP contribution in [0.15, 0.2) is 34.0 Å². The zero-order chi connectivity index (χ0) is 21.0. The highest BCUT2D eigenvalue weighted by molar-refractivity contribution is 7.42. The van der Waals surface area contributed by atoms with E-state index in [1.165, 1.54) is 0 Å². The van der Waals surface area contributed by atoms with Gasteiger partial charge in [0, 0.05) is 12.7 Å². The Bertz CT molecular complexity index is 964. The fourth-order valence-corrected chi connectivity index (χ4v) is 4.20. The van der Waals surface area contributed by atoms with Crippen LogP contribution in [-0.4, -0.2) is 34.5 Å². The van der Waals surface area contributed by atoms with Gasteiger partial charge in [0.1, 0.15) is 12.0 Å². The van der Waals surface area contributed by atoms with Crippen molar-refractivity contribution in [1.82, 2.24) is 9.55 Å². The van der Waals surface area contributed by atoms with E-state index in [1.54, 1.807) is 0 Å². The van der Waals surface area contributed by atoms with Crippen LogP contribution in [0.2, 0.25) is 0 Å². The highest BCUT2D eigenvalue weighted by Crippen LogP contribution is 2.48. The van der Waals surface area contributed by atoms with E-state index < -0.39 is 31.9 Å². The molecule has 2 aliphatic heterocycles. The Balaban J connectivity index is 0.00000117. The van der Waals surface area contributed by atoms with Gasteiger partial charge in [-0.05, 0) is 25.3 Å². The maximum Gasteiger partial charge on any atom is 0.397 e. The molecule has 2 aliphatic rings. The van der Waals surface area contributed by atoms with E-state index in [4.69, 9.17) is 23.4 Å². The van der Waals surface area contributed by atoms with Crippen molar-refractivity contribution in [2.45, 2.75) is 38.7 Å². The summed E-state index contributed by atoms with van der Waals surface area (Å²) in [6.07, 6.45) is 1.05. The quantitative estimate of drug-likeness (QED) is 0.718. The number of nitrogens with one attached hydrogen (secondary N) is 1. The summed E-state index contributed by atoms with van der Waals surface area (Å²) >= 11 is 0. The third-order valence-electron chi connectivity index (χ3n) is 4.47. The number of halogens is 1. The van der Waals surface area contributed by atoms with Crippen LogP contribution in [0.4, 0.5) is 4.39 Å². The average Bonchev–Trinajstić information content (AvgIpc) is 3.20. The molecule has 0 spiro atoms. The van der Waals surface area contributed by atoms with Crippen LogP contribution in [0, 0.1) is 12.7 Å². The second-order valence-corrected chi connectivity index (χ2v) is 7.53. The first-order valence-electron chi connectivity index (χ1n) is 8.95. The van der Waals surface area contributed by atoms with E-state index >= 15 is 0 Å². The standard InChI is InChI=1S/C17H18FN2O6P.CH4O/c1-10-3-2-4-11-8-23-27(26-15(10)11)24-9-12-5-6-14(25-12)20-7-13(18)16(21)19-17(20)22;1-2/h2-4,7,12,14H,5-6,8-9H2,1H3,(H,19,21,22);2H,1H3. The number of para-hydroxylation sites is 1. The molecule has 0 radical (unpaired) electrons. The van der Waals surface area contributed by atoms with Crippen molar-refractivity contribution in [2.24, 2.45) is 0 Å². The summed E-state index contributed by atoms with van der Waals surface area (Å²) in [6, 6.07) is 5.85. The van der Waals surface area contributed by atoms with Crippen LogP contribution in [0.1, 0.15) is 30.2 Å². The maximum atomic E-state index is 13.4. The predicted molar refractivity (Wildman–Crippen MR) is 102 cm³/mol. The van der Waals surface area contributed by atoms with E-state index in [-0.39, 0.29) is 12.7 Å². The van der Waals surface area contributed by atoms with Gasteiger partial charge in [-0.15, -0.1) is 0 Å². The number of aliphatic hydroxyl groups is 1. The number of aryl methyl sites for hydroxylation is 1. The molecule has 3 heterocycles. The predicted octanol–water partition coefficient (Wildman–Crippen LogP) is 2.12. The minimum absolute atomic E-state index is 0.226. The summed E-state index contributed by atoms with van der Waals surface area (Å²) in [7, 11) is -0.531. The molecule has 29 heavy (non-hydrogen) atoms. The SMILES string of the molecule is CO.Cc1cccc2c1OP(OCC1CCC(n3cc(F)c(=O)[nH]c3=O)O1)OC2. The molecule has 158 valence electrons. The van der Waals surface area contributed by atoms with E-state index in [2.05, 4.69) is 0 Å². The molecule has 3 unspecified atom stereocenters. The zero-order valence-electron chi connectivity index (χ0n) is 16.0. The number of ether oxygens (including phenoxy) is 1. The van der Waals surface area contributed by atoms with Gasteiger partial charge in [-0.1, -0.05) is 18.2 Å². The monoisotopic (exact) mass is 428 g/mol. The van der Waals surface area contributed by atoms with E-state index in [1.807, 2.05) is 30.1 Å². The van der Waals surface area contributed by atoms with Gasteiger partial charge in [-0.2, -0.15) is 4.39 Å². The topological polar surface area (TPSA) is 112 Å². The molecule has 1 saturated heterocycles. The molecular formula is C18H22FN2O7P. The average molecular weight is 428 g/mol. The molecule has 2 N–H and O–H groups in total. The van der Waals surface area contributed by atoms with Gasteiger partial charge in [0.25, 0.3) is 5.56 Å². The second-order valence-electron chi connectivity index (χ2n) is 6.38. The first-order valence-corrected chi connectivity index (χ1v) is 10.0. The lowest BCUT2D eigenvalue weighted by Crippen LogP contribution is -2.34. The number of hydrogen-bond donors (Lipinski definition) is 2. The molecular weight excluding hydrogens is 406 g/mol. The summed E-state index contributed by atoms with van der Waals surface area (Å²) in [5.74, 6) is -0.241. The molecule has 2 aromatic rings. The Kier molecular flexibility index (Phi) is 7.15. The zero-order valence-corrected chi connectivity index (χ0v) is 16.9. The maximum absolute atomic E-state index is 13.4. The lowest BCUT2D eigenvalue weighted by atomic mass is 10.1. The van der Waals surface area contributed by atoms with Crippen LogP contribution in [-0.2, 0) is 20.4 Å². The number of aromatic nitrogens is 2.